The van der Waals surface area contributed by atoms with Crippen molar-refractivity contribution in [2.24, 2.45) is 0 Å². The number of anilines is 1. The van der Waals surface area contributed by atoms with E-state index in [2.05, 4.69) is 15.3 Å². The van der Waals surface area contributed by atoms with Crippen LogP contribution in [0.15, 0.2) is 28.8 Å². The summed E-state index contributed by atoms with van der Waals surface area (Å²) in [7, 11) is 0. The van der Waals surface area contributed by atoms with E-state index in [4.69, 9.17) is 10.2 Å². The van der Waals surface area contributed by atoms with Gasteiger partial charge in [-0.3, -0.25) is 4.79 Å². The molecule has 0 bridgehead atoms. The van der Waals surface area contributed by atoms with Crippen LogP contribution in [0.25, 0.3) is 0 Å². The van der Waals surface area contributed by atoms with Gasteiger partial charge in [0.1, 0.15) is 17.3 Å². The third-order valence-corrected chi connectivity index (χ3v) is 2.35. The van der Waals surface area contributed by atoms with E-state index in [9.17, 15) is 4.79 Å². The Bertz CT molecular complexity index is 556. The smallest absolute Gasteiger partial charge is 0.270 e. The lowest BCUT2D eigenvalue weighted by Crippen LogP contribution is -2.24. The number of amides is 1. The van der Waals surface area contributed by atoms with Crippen molar-refractivity contribution in [2.45, 2.75) is 19.9 Å². The van der Waals surface area contributed by atoms with Crippen LogP contribution in [-0.4, -0.2) is 15.9 Å². The first-order chi connectivity index (χ1) is 8.69. The molecule has 0 saturated heterocycles. The second kappa shape index (κ2) is 6.75. The number of rotatable bonds is 4. The van der Waals surface area contributed by atoms with E-state index >= 15 is 0 Å². The molecule has 7 heteroatoms. The summed E-state index contributed by atoms with van der Waals surface area (Å²) in [6.45, 7) is 2.20. The fourth-order valence-corrected chi connectivity index (χ4v) is 1.42. The highest BCUT2D eigenvalue weighted by atomic mass is 35.5. The standard InChI is InChI=1S/C12H14N4O2.ClH/c1-2-8-6-14-11(18-8)7-15-12(17)9-4-3-5-10(13)16-9;/h3-6H,2,7H2,1H3,(H2,13,16)(H,15,17);1H. The number of nitrogens with one attached hydrogen (secondary N) is 1. The average molecular weight is 283 g/mol. The summed E-state index contributed by atoms with van der Waals surface area (Å²) in [6.07, 6.45) is 2.43. The first-order valence-electron chi connectivity index (χ1n) is 5.63. The van der Waals surface area contributed by atoms with E-state index in [0.717, 1.165) is 12.2 Å². The second-order valence-corrected chi connectivity index (χ2v) is 3.70. The summed E-state index contributed by atoms with van der Waals surface area (Å²) in [5.74, 6) is 1.27. The van der Waals surface area contributed by atoms with Gasteiger partial charge < -0.3 is 15.5 Å². The zero-order valence-electron chi connectivity index (χ0n) is 10.4. The Morgan fingerprint density at radius 2 is 2.26 bits per heavy atom. The molecule has 0 spiro atoms. The van der Waals surface area contributed by atoms with Gasteiger partial charge in [-0.15, -0.1) is 12.4 Å². The SMILES string of the molecule is CCc1cnc(CNC(=O)c2cccc(N)n2)o1.Cl. The Hall–Kier alpha value is -2.08. The Morgan fingerprint density at radius 1 is 1.47 bits per heavy atom. The lowest BCUT2D eigenvalue weighted by molar-refractivity contribution is 0.0942. The van der Waals surface area contributed by atoms with Gasteiger partial charge in [-0.05, 0) is 12.1 Å². The Labute approximate surface area is 116 Å². The van der Waals surface area contributed by atoms with Crippen LogP contribution in [0.4, 0.5) is 5.82 Å². The van der Waals surface area contributed by atoms with Crippen LogP contribution in [0.5, 0.6) is 0 Å². The topological polar surface area (TPSA) is 94.0 Å². The Morgan fingerprint density at radius 3 is 2.89 bits per heavy atom. The fraction of sp³-hybridized carbons (Fsp3) is 0.250. The maximum absolute atomic E-state index is 11.7. The van der Waals surface area contributed by atoms with Crippen molar-refractivity contribution >= 4 is 24.1 Å². The molecule has 6 nitrogen and oxygen atoms in total. The van der Waals surface area contributed by atoms with Crippen molar-refractivity contribution < 1.29 is 9.21 Å². The van der Waals surface area contributed by atoms with Gasteiger partial charge >= 0.3 is 0 Å². The monoisotopic (exact) mass is 282 g/mol. The molecule has 3 N–H and O–H groups in total. The lowest BCUT2D eigenvalue weighted by Gasteiger charge is -2.02. The zero-order valence-corrected chi connectivity index (χ0v) is 11.2. The Balaban J connectivity index is 0.00000180. The summed E-state index contributed by atoms with van der Waals surface area (Å²) in [4.78, 5) is 19.7. The number of hydrogen-bond donors (Lipinski definition) is 2. The van der Waals surface area contributed by atoms with E-state index in [1.165, 1.54) is 0 Å². The summed E-state index contributed by atoms with van der Waals surface area (Å²) in [5.41, 5.74) is 5.78. The molecule has 0 aliphatic carbocycles. The van der Waals surface area contributed by atoms with Crippen molar-refractivity contribution in [2.75, 3.05) is 5.73 Å². The Kier molecular flexibility index (Phi) is 5.32. The molecular formula is C12H15ClN4O2. The molecule has 0 aromatic carbocycles. The van der Waals surface area contributed by atoms with Gasteiger partial charge in [0.25, 0.3) is 5.91 Å². The molecule has 0 aliphatic heterocycles. The van der Waals surface area contributed by atoms with Crippen LogP contribution >= 0.6 is 12.4 Å². The summed E-state index contributed by atoms with van der Waals surface area (Å²) in [5, 5.41) is 2.67. The van der Waals surface area contributed by atoms with Crippen molar-refractivity contribution in [3.8, 4) is 0 Å². The van der Waals surface area contributed by atoms with Crippen LogP contribution in [0.1, 0.15) is 29.1 Å². The van der Waals surface area contributed by atoms with Crippen LogP contribution in [-0.2, 0) is 13.0 Å². The molecule has 2 rings (SSSR count). The normalized spacial score (nSPS) is 9.74. The fourth-order valence-electron chi connectivity index (χ4n) is 1.42. The largest absolute Gasteiger partial charge is 0.444 e. The molecule has 2 aromatic heterocycles. The average Bonchev–Trinajstić information content (AvgIpc) is 2.84. The lowest BCUT2D eigenvalue weighted by atomic mass is 10.3. The minimum atomic E-state index is -0.307. The highest BCUT2D eigenvalue weighted by molar-refractivity contribution is 5.92. The van der Waals surface area contributed by atoms with Gasteiger partial charge in [0.2, 0.25) is 5.89 Å². The van der Waals surface area contributed by atoms with Crippen LogP contribution in [0.2, 0.25) is 0 Å². The molecular weight excluding hydrogens is 268 g/mol. The zero-order chi connectivity index (χ0) is 13.0. The van der Waals surface area contributed by atoms with Crippen molar-refractivity contribution in [3.05, 3.63) is 41.7 Å². The molecule has 1 amide bonds. The van der Waals surface area contributed by atoms with Crippen molar-refractivity contribution in [1.82, 2.24) is 15.3 Å². The minimum Gasteiger partial charge on any atom is -0.444 e. The number of hydrogen-bond acceptors (Lipinski definition) is 5. The quantitative estimate of drug-likeness (QED) is 0.887. The van der Waals surface area contributed by atoms with E-state index < -0.39 is 0 Å². The van der Waals surface area contributed by atoms with Gasteiger partial charge in [-0.2, -0.15) is 0 Å². The number of pyridine rings is 1. The number of aryl methyl sites for hydroxylation is 1. The van der Waals surface area contributed by atoms with E-state index in [1.807, 2.05) is 6.92 Å². The number of nitrogens with zero attached hydrogens (tertiary/aromatic N) is 2. The molecule has 2 aromatic rings. The summed E-state index contributed by atoms with van der Waals surface area (Å²) < 4.78 is 5.37. The molecule has 102 valence electrons. The number of halogens is 1. The van der Waals surface area contributed by atoms with E-state index in [0.29, 0.717) is 11.7 Å². The molecule has 2 heterocycles. The van der Waals surface area contributed by atoms with Crippen LogP contribution in [0.3, 0.4) is 0 Å². The molecule has 0 saturated carbocycles. The van der Waals surface area contributed by atoms with Crippen LogP contribution < -0.4 is 11.1 Å². The second-order valence-electron chi connectivity index (χ2n) is 3.70. The highest BCUT2D eigenvalue weighted by Crippen LogP contribution is 2.04. The molecule has 0 aliphatic rings. The predicted molar refractivity (Wildman–Crippen MR) is 72.9 cm³/mol. The third-order valence-electron chi connectivity index (χ3n) is 2.35. The molecule has 0 unspecified atom stereocenters. The van der Waals surface area contributed by atoms with Crippen LogP contribution in [0, 0.1) is 0 Å². The van der Waals surface area contributed by atoms with Crippen molar-refractivity contribution in [1.29, 1.82) is 0 Å². The molecule has 19 heavy (non-hydrogen) atoms. The molecule has 0 fully saturated rings. The number of carbonyl (C=O) groups is 1. The first kappa shape index (κ1) is 15.0. The highest BCUT2D eigenvalue weighted by Gasteiger charge is 2.09. The van der Waals surface area contributed by atoms with Gasteiger partial charge in [0, 0.05) is 6.42 Å². The maximum Gasteiger partial charge on any atom is 0.270 e. The molecule has 0 radical (unpaired) electrons. The maximum atomic E-state index is 11.7. The first-order valence-corrected chi connectivity index (χ1v) is 5.63. The van der Waals surface area contributed by atoms with Gasteiger partial charge in [0.15, 0.2) is 0 Å². The van der Waals surface area contributed by atoms with E-state index in [-0.39, 0.29) is 30.6 Å². The third kappa shape index (κ3) is 3.96. The van der Waals surface area contributed by atoms with Gasteiger partial charge in [-0.1, -0.05) is 13.0 Å². The van der Waals surface area contributed by atoms with Gasteiger partial charge in [0.05, 0.1) is 12.7 Å². The number of nitrogens with two attached hydrogens (primary N) is 1. The van der Waals surface area contributed by atoms with Crippen molar-refractivity contribution in [3.63, 3.8) is 0 Å². The minimum absolute atomic E-state index is 0. The predicted octanol–water partition coefficient (Wildman–Crippen LogP) is 1.57. The summed E-state index contributed by atoms with van der Waals surface area (Å²) >= 11 is 0. The number of carbonyl (C=O) groups excluding carboxylic acids is 1. The number of nitrogen functional groups attached to an aromatic ring is 1. The van der Waals surface area contributed by atoms with Gasteiger partial charge in [-0.25, -0.2) is 9.97 Å². The number of oxazole rings is 1. The number of aromatic nitrogens is 2. The summed E-state index contributed by atoms with van der Waals surface area (Å²) in [6, 6.07) is 4.90. The molecule has 0 atom stereocenters. The van der Waals surface area contributed by atoms with E-state index in [1.54, 1.807) is 24.4 Å².